The van der Waals surface area contributed by atoms with Crippen LogP contribution in [-0.2, 0) is 0 Å². The summed E-state index contributed by atoms with van der Waals surface area (Å²) < 4.78 is 0.797. The Bertz CT molecular complexity index is 311. The van der Waals surface area contributed by atoms with Gasteiger partial charge in [0, 0.05) is 17.0 Å². The molecule has 0 atom stereocenters. The number of hydrogen-bond acceptors (Lipinski definition) is 1. The smallest absolute Gasteiger partial charge is 0.198 e. The number of pyridine rings is 1. The van der Waals surface area contributed by atoms with Crippen LogP contribution in [0.15, 0.2) is 4.79 Å². The molecule has 0 aromatic carbocycles. The number of hydrogen-bond donors (Lipinski definition) is 1. The van der Waals surface area contributed by atoms with E-state index in [9.17, 15) is 4.79 Å². The van der Waals surface area contributed by atoms with Crippen molar-refractivity contribution in [2.24, 2.45) is 0 Å². The first kappa shape index (κ1) is 8.77. The van der Waals surface area contributed by atoms with Gasteiger partial charge in [-0.15, -0.1) is 0 Å². The Labute approximate surface area is 79.2 Å². The van der Waals surface area contributed by atoms with Gasteiger partial charge in [-0.05, 0) is 43.4 Å². The summed E-state index contributed by atoms with van der Waals surface area (Å²) in [5, 5.41) is 0. The highest BCUT2D eigenvalue weighted by Gasteiger charge is 2.04. The molecule has 0 radical (unpaired) electrons. The van der Waals surface area contributed by atoms with Crippen molar-refractivity contribution in [1.29, 1.82) is 0 Å². The molecule has 60 valence electrons. The quantitative estimate of drug-likeness (QED) is 0.712. The number of aromatic nitrogens is 1. The fraction of sp³-hybridized carbons (Fsp3) is 0.375. The molecular formula is C8H10INO. The molecule has 0 aliphatic carbocycles. The van der Waals surface area contributed by atoms with E-state index in [-0.39, 0.29) is 5.43 Å². The van der Waals surface area contributed by atoms with Crippen LogP contribution in [0.4, 0.5) is 0 Å². The lowest BCUT2D eigenvalue weighted by atomic mass is 10.2. The predicted octanol–water partition coefficient (Wildman–Crippen LogP) is 1.90. The minimum Gasteiger partial charge on any atom is -0.361 e. The fourth-order valence-electron chi connectivity index (χ4n) is 0.935. The Kier molecular flexibility index (Phi) is 2.37. The van der Waals surface area contributed by atoms with Gasteiger partial charge in [-0.25, -0.2) is 0 Å². The molecule has 0 aliphatic heterocycles. The van der Waals surface area contributed by atoms with E-state index in [4.69, 9.17) is 0 Å². The van der Waals surface area contributed by atoms with E-state index in [0.29, 0.717) is 0 Å². The van der Waals surface area contributed by atoms with Crippen molar-refractivity contribution in [2.75, 3.05) is 0 Å². The van der Waals surface area contributed by atoms with Crippen molar-refractivity contribution in [3.8, 4) is 0 Å². The van der Waals surface area contributed by atoms with E-state index in [2.05, 4.69) is 27.6 Å². The van der Waals surface area contributed by atoms with Gasteiger partial charge in [0.15, 0.2) is 5.43 Å². The number of aryl methyl sites for hydroxylation is 2. The standard InChI is InChI=1S/C8H10INO/c1-4-5(2)10-6(3)7(9)8(4)11/h1-3H3,(H,10,11). The highest BCUT2D eigenvalue weighted by atomic mass is 127. The van der Waals surface area contributed by atoms with Crippen molar-refractivity contribution in [3.05, 3.63) is 30.7 Å². The maximum Gasteiger partial charge on any atom is 0.198 e. The molecule has 2 nitrogen and oxygen atoms in total. The molecule has 1 aromatic heterocycles. The van der Waals surface area contributed by atoms with Gasteiger partial charge in [0.2, 0.25) is 0 Å². The summed E-state index contributed by atoms with van der Waals surface area (Å²) in [4.78, 5) is 14.5. The zero-order chi connectivity index (χ0) is 8.59. The summed E-state index contributed by atoms with van der Waals surface area (Å²) in [7, 11) is 0. The maximum atomic E-state index is 11.4. The molecule has 1 aromatic rings. The first-order valence-electron chi connectivity index (χ1n) is 3.39. The number of H-pyrrole nitrogens is 1. The zero-order valence-corrected chi connectivity index (χ0v) is 8.94. The fourth-order valence-corrected chi connectivity index (χ4v) is 1.47. The van der Waals surface area contributed by atoms with Crippen molar-refractivity contribution in [2.45, 2.75) is 20.8 Å². The third-order valence-electron chi connectivity index (χ3n) is 1.81. The summed E-state index contributed by atoms with van der Waals surface area (Å²) in [5.74, 6) is 0. The van der Waals surface area contributed by atoms with Crippen molar-refractivity contribution < 1.29 is 0 Å². The highest BCUT2D eigenvalue weighted by Crippen LogP contribution is 2.06. The summed E-state index contributed by atoms with van der Waals surface area (Å²) in [5.41, 5.74) is 2.89. The summed E-state index contributed by atoms with van der Waals surface area (Å²) in [6, 6.07) is 0. The van der Waals surface area contributed by atoms with E-state index in [1.165, 1.54) is 0 Å². The van der Waals surface area contributed by atoms with Crippen molar-refractivity contribution >= 4 is 22.6 Å². The number of halogens is 1. The maximum absolute atomic E-state index is 11.4. The van der Waals surface area contributed by atoms with Crippen molar-refractivity contribution in [3.63, 3.8) is 0 Å². The Morgan fingerprint density at radius 1 is 1.18 bits per heavy atom. The lowest BCUT2D eigenvalue weighted by Gasteiger charge is -2.03. The lowest BCUT2D eigenvalue weighted by molar-refractivity contribution is 1.05. The minimum absolute atomic E-state index is 0.152. The molecule has 3 heteroatoms. The second-order valence-corrected chi connectivity index (χ2v) is 3.72. The van der Waals surface area contributed by atoms with E-state index in [0.717, 1.165) is 20.5 Å². The SMILES string of the molecule is Cc1[nH]c(C)c(I)c(=O)c1C. The zero-order valence-electron chi connectivity index (χ0n) is 6.79. The molecular weight excluding hydrogens is 253 g/mol. The van der Waals surface area contributed by atoms with E-state index in [1.807, 2.05) is 20.8 Å². The summed E-state index contributed by atoms with van der Waals surface area (Å²) in [6.45, 7) is 5.67. The lowest BCUT2D eigenvalue weighted by Crippen LogP contribution is -2.14. The van der Waals surface area contributed by atoms with Gasteiger partial charge in [-0.2, -0.15) is 0 Å². The van der Waals surface area contributed by atoms with Crippen LogP contribution in [0.5, 0.6) is 0 Å². The van der Waals surface area contributed by atoms with Crippen LogP contribution in [0.2, 0.25) is 0 Å². The average Bonchev–Trinajstić information content (AvgIpc) is 1.97. The minimum atomic E-state index is 0.152. The summed E-state index contributed by atoms with van der Waals surface area (Å²) >= 11 is 2.07. The number of nitrogens with one attached hydrogen (secondary N) is 1. The van der Waals surface area contributed by atoms with Crippen LogP contribution in [0.25, 0.3) is 0 Å². The molecule has 0 spiro atoms. The molecule has 0 saturated carbocycles. The second kappa shape index (κ2) is 2.97. The van der Waals surface area contributed by atoms with Crippen LogP contribution in [0.1, 0.15) is 17.0 Å². The predicted molar refractivity (Wildman–Crippen MR) is 54.0 cm³/mol. The van der Waals surface area contributed by atoms with Crippen LogP contribution in [0, 0.1) is 24.3 Å². The van der Waals surface area contributed by atoms with Gasteiger partial charge in [-0.1, -0.05) is 0 Å². The average molecular weight is 263 g/mol. The van der Waals surface area contributed by atoms with E-state index >= 15 is 0 Å². The molecule has 0 unspecified atom stereocenters. The molecule has 1 heterocycles. The van der Waals surface area contributed by atoms with Crippen LogP contribution in [0.3, 0.4) is 0 Å². The van der Waals surface area contributed by atoms with Gasteiger partial charge in [0.1, 0.15) is 0 Å². The summed E-state index contributed by atoms with van der Waals surface area (Å²) in [6.07, 6.45) is 0. The Morgan fingerprint density at radius 3 is 2.27 bits per heavy atom. The molecule has 0 saturated heterocycles. The second-order valence-electron chi connectivity index (χ2n) is 2.64. The molecule has 1 rings (SSSR count). The van der Waals surface area contributed by atoms with E-state index in [1.54, 1.807) is 0 Å². The highest BCUT2D eigenvalue weighted by molar-refractivity contribution is 14.1. The van der Waals surface area contributed by atoms with Gasteiger partial charge in [0.05, 0.1) is 3.57 Å². The Morgan fingerprint density at radius 2 is 1.73 bits per heavy atom. The topological polar surface area (TPSA) is 32.9 Å². The molecule has 0 fully saturated rings. The monoisotopic (exact) mass is 263 g/mol. The first-order chi connectivity index (χ1) is 5.04. The third kappa shape index (κ3) is 1.47. The number of aromatic amines is 1. The van der Waals surface area contributed by atoms with Gasteiger partial charge in [0.25, 0.3) is 0 Å². The van der Waals surface area contributed by atoms with E-state index < -0.39 is 0 Å². The molecule has 0 amide bonds. The van der Waals surface area contributed by atoms with Gasteiger partial charge >= 0.3 is 0 Å². The van der Waals surface area contributed by atoms with Gasteiger partial charge in [-0.3, -0.25) is 4.79 Å². The van der Waals surface area contributed by atoms with Crippen LogP contribution in [-0.4, -0.2) is 4.98 Å². The number of rotatable bonds is 0. The van der Waals surface area contributed by atoms with Crippen LogP contribution >= 0.6 is 22.6 Å². The molecule has 1 N–H and O–H groups in total. The van der Waals surface area contributed by atoms with Gasteiger partial charge < -0.3 is 4.98 Å². The Hall–Kier alpha value is -0.320. The third-order valence-corrected chi connectivity index (χ3v) is 3.11. The molecule has 0 bridgehead atoms. The first-order valence-corrected chi connectivity index (χ1v) is 4.47. The Balaban J connectivity index is 3.59. The molecule has 0 aliphatic rings. The largest absolute Gasteiger partial charge is 0.361 e. The normalized spacial score (nSPS) is 10.2. The molecule has 11 heavy (non-hydrogen) atoms. The van der Waals surface area contributed by atoms with Crippen LogP contribution < -0.4 is 5.43 Å². The van der Waals surface area contributed by atoms with Crippen molar-refractivity contribution in [1.82, 2.24) is 4.98 Å².